The van der Waals surface area contributed by atoms with E-state index in [2.05, 4.69) is 5.32 Å². The third-order valence-corrected chi connectivity index (χ3v) is 6.52. The number of ether oxygens (including phenoxy) is 1. The van der Waals surface area contributed by atoms with Crippen molar-refractivity contribution >= 4 is 21.6 Å². The monoisotopic (exact) mass is 392 g/mol. The number of sulfonamides is 1. The Bertz CT molecular complexity index is 970. The molecule has 8 heteroatoms. The lowest BCUT2D eigenvalue weighted by Crippen LogP contribution is -2.40. The van der Waals surface area contributed by atoms with Crippen molar-refractivity contribution in [1.29, 1.82) is 0 Å². The summed E-state index contributed by atoms with van der Waals surface area (Å²) in [6, 6.07) is 8.66. The van der Waals surface area contributed by atoms with Crippen molar-refractivity contribution in [1.82, 2.24) is 4.31 Å². The molecule has 1 amide bonds. The number of amides is 1. The number of rotatable bonds is 4. The smallest absolute Gasteiger partial charge is 0.256 e. The number of aryl methyl sites for hydroxylation is 2. The molecule has 1 N–H and O–H groups in total. The van der Waals surface area contributed by atoms with E-state index in [0.29, 0.717) is 43.1 Å². The molecule has 0 atom stereocenters. The number of morpholine rings is 1. The number of anilines is 1. The summed E-state index contributed by atoms with van der Waals surface area (Å²) >= 11 is 0. The lowest BCUT2D eigenvalue weighted by Gasteiger charge is -2.26. The van der Waals surface area contributed by atoms with Crippen molar-refractivity contribution < 1.29 is 22.3 Å². The van der Waals surface area contributed by atoms with Crippen molar-refractivity contribution in [2.24, 2.45) is 0 Å². The highest BCUT2D eigenvalue weighted by Crippen LogP contribution is 2.25. The second-order valence-electron chi connectivity index (χ2n) is 6.41. The largest absolute Gasteiger partial charge is 0.379 e. The molecule has 0 aliphatic carbocycles. The molecule has 144 valence electrons. The van der Waals surface area contributed by atoms with E-state index in [1.807, 2.05) is 0 Å². The molecule has 2 aromatic carbocycles. The number of hydrogen-bond donors (Lipinski definition) is 1. The summed E-state index contributed by atoms with van der Waals surface area (Å²) in [5.41, 5.74) is 1.75. The Hall–Kier alpha value is -2.29. The maximum absolute atomic E-state index is 13.5. The summed E-state index contributed by atoms with van der Waals surface area (Å²) in [4.78, 5) is 12.6. The molecule has 1 fully saturated rings. The van der Waals surface area contributed by atoms with Crippen molar-refractivity contribution in [3.8, 4) is 0 Å². The van der Waals surface area contributed by atoms with Gasteiger partial charge in [-0.1, -0.05) is 12.1 Å². The number of halogens is 1. The number of hydrogen-bond acceptors (Lipinski definition) is 4. The fourth-order valence-electron chi connectivity index (χ4n) is 2.92. The molecule has 0 aromatic heterocycles. The van der Waals surface area contributed by atoms with Gasteiger partial charge < -0.3 is 10.1 Å². The predicted octanol–water partition coefficient (Wildman–Crippen LogP) is 2.72. The summed E-state index contributed by atoms with van der Waals surface area (Å²) in [5, 5.41) is 2.66. The van der Waals surface area contributed by atoms with E-state index in [9.17, 15) is 17.6 Å². The molecule has 6 nitrogen and oxygen atoms in total. The number of nitrogens with one attached hydrogen (secondary N) is 1. The molecular weight excluding hydrogens is 371 g/mol. The highest BCUT2D eigenvalue weighted by molar-refractivity contribution is 7.89. The average molecular weight is 392 g/mol. The molecule has 0 spiro atoms. The maximum atomic E-state index is 13.5. The number of carbonyl (C=O) groups is 1. The highest BCUT2D eigenvalue weighted by atomic mass is 32.2. The van der Waals surface area contributed by atoms with E-state index in [0.717, 1.165) is 6.07 Å². The third kappa shape index (κ3) is 4.18. The first-order valence-corrected chi connectivity index (χ1v) is 9.99. The number of benzene rings is 2. The first kappa shape index (κ1) is 19.5. The van der Waals surface area contributed by atoms with Crippen molar-refractivity contribution in [2.75, 3.05) is 31.6 Å². The van der Waals surface area contributed by atoms with Gasteiger partial charge in [0.15, 0.2) is 0 Å². The van der Waals surface area contributed by atoms with Gasteiger partial charge in [-0.25, -0.2) is 12.8 Å². The van der Waals surface area contributed by atoms with Crippen LogP contribution in [-0.2, 0) is 14.8 Å². The summed E-state index contributed by atoms with van der Waals surface area (Å²) in [5.74, 6) is -1.00. The van der Waals surface area contributed by atoms with Crippen LogP contribution in [0.15, 0.2) is 41.3 Å². The van der Waals surface area contributed by atoms with Crippen LogP contribution in [0.1, 0.15) is 21.5 Å². The van der Waals surface area contributed by atoms with Gasteiger partial charge in [0.05, 0.1) is 18.1 Å². The van der Waals surface area contributed by atoms with Gasteiger partial charge in [-0.05, 0) is 49.2 Å². The summed E-state index contributed by atoms with van der Waals surface area (Å²) in [7, 11) is -3.69. The van der Waals surface area contributed by atoms with E-state index >= 15 is 0 Å². The standard InChI is InChI=1S/C19H21FN2O4S/c1-13-3-5-15(20)11-17(13)19(23)21-16-6-4-14(2)18(12-16)27(24,25)22-7-9-26-10-8-22/h3-6,11-12H,7-10H2,1-2H3,(H,21,23). The van der Waals surface area contributed by atoms with E-state index in [1.165, 1.54) is 22.5 Å². The summed E-state index contributed by atoms with van der Waals surface area (Å²) < 4.78 is 45.9. The van der Waals surface area contributed by atoms with Crippen LogP contribution in [0, 0.1) is 19.7 Å². The first-order valence-electron chi connectivity index (χ1n) is 8.55. The third-order valence-electron chi connectivity index (χ3n) is 4.48. The van der Waals surface area contributed by atoms with E-state index in [4.69, 9.17) is 4.74 Å². The van der Waals surface area contributed by atoms with Crippen LogP contribution in [0.2, 0.25) is 0 Å². The van der Waals surface area contributed by atoms with Crippen LogP contribution in [0.5, 0.6) is 0 Å². The first-order chi connectivity index (χ1) is 12.8. The molecule has 3 rings (SSSR count). The zero-order chi connectivity index (χ0) is 19.6. The Morgan fingerprint density at radius 2 is 1.74 bits per heavy atom. The lowest BCUT2D eigenvalue weighted by atomic mass is 10.1. The fraction of sp³-hybridized carbons (Fsp3) is 0.316. The van der Waals surface area contributed by atoms with Crippen LogP contribution in [-0.4, -0.2) is 44.9 Å². The van der Waals surface area contributed by atoms with Gasteiger partial charge in [0.25, 0.3) is 5.91 Å². The minimum Gasteiger partial charge on any atom is -0.379 e. The Kier molecular flexibility index (Phi) is 5.59. The van der Waals surface area contributed by atoms with Crippen molar-refractivity contribution in [3.63, 3.8) is 0 Å². The normalized spacial score (nSPS) is 15.5. The zero-order valence-corrected chi connectivity index (χ0v) is 16.0. The fourth-order valence-corrected chi connectivity index (χ4v) is 4.58. The van der Waals surface area contributed by atoms with E-state index in [1.54, 1.807) is 26.0 Å². The molecule has 0 bridgehead atoms. The quantitative estimate of drug-likeness (QED) is 0.868. The van der Waals surface area contributed by atoms with Gasteiger partial charge in [-0.2, -0.15) is 4.31 Å². The second-order valence-corrected chi connectivity index (χ2v) is 8.32. The van der Waals surface area contributed by atoms with Gasteiger partial charge >= 0.3 is 0 Å². The van der Waals surface area contributed by atoms with Crippen molar-refractivity contribution in [3.05, 3.63) is 58.9 Å². The molecule has 0 radical (unpaired) electrons. The van der Waals surface area contributed by atoms with Crippen LogP contribution in [0.4, 0.5) is 10.1 Å². The van der Waals surface area contributed by atoms with Crippen LogP contribution >= 0.6 is 0 Å². The van der Waals surface area contributed by atoms with Crippen LogP contribution < -0.4 is 5.32 Å². The van der Waals surface area contributed by atoms with E-state index in [-0.39, 0.29) is 10.5 Å². The minimum atomic E-state index is -3.69. The van der Waals surface area contributed by atoms with Gasteiger partial charge in [-0.15, -0.1) is 0 Å². The molecule has 27 heavy (non-hydrogen) atoms. The maximum Gasteiger partial charge on any atom is 0.256 e. The molecule has 0 saturated carbocycles. The lowest BCUT2D eigenvalue weighted by molar-refractivity contribution is 0.0730. The number of carbonyl (C=O) groups excluding carboxylic acids is 1. The van der Waals surface area contributed by atoms with Gasteiger partial charge in [0.2, 0.25) is 10.0 Å². The second kappa shape index (κ2) is 7.75. The van der Waals surface area contributed by atoms with E-state index < -0.39 is 21.7 Å². The summed E-state index contributed by atoms with van der Waals surface area (Å²) in [6.45, 7) is 4.70. The van der Waals surface area contributed by atoms with Gasteiger partial charge in [0.1, 0.15) is 5.82 Å². The Balaban J connectivity index is 1.89. The SMILES string of the molecule is Cc1ccc(F)cc1C(=O)Nc1ccc(C)c(S(=O)(=O)N2CCOCC2)c1. The van der Waals surface area contributed by atoms with Gasteiger partial charge in [0, 0.05) is 24.3 Å². The number of nitrogens with zero attached hydrogens (tertiary/aromatic N) is 1. The predicted molar refractivity (Wildman–Crippen MR) is 99.8 cm³/mol. The average Bonchev–Trinajstić information content (AvgIpc) is 2.65. The highest BCUT2D eigenvalue weighted by Gasteiger charge is 2.28. The molecule has 1 aliphatic heterocycles. The molecular formula is C19H21FN2O4S. The Morgan fingerprint density at radius 1 is 1.07 bits per heavy atom. The molecule has 1 saturated heterocycles. The zero-order valence-electron chi connectivity index (χ0n) is 15.2. The molecule has 1 aliphatic rings. The van der Waals surface area contributed by atoms with Crippen LogP contribution in [0.25, 0.3) is 0 Å². The Labute approximate surface area is 158 Å². The molecule has 0 unspecified atom stereocenters. The minimum absolute atomic E-state index is 0.137. The molecule has 1 heterocycles. The van der Waals surface area contributed by atoms with Crippen molar-refractivity contribution in [2.45, 2.75) is 18.7 Å². The Morgan fingerprint density at radius 3 is 2.44 bits per heavy atom. The summed E-state index contributed by atoms with van der Waals surface area (Å²) in [6.07, 6.45) is 0. The van der Waals surface area contributed by atoms with Crippen LogP contribution in [0.3, 0.4) is 0 Å². The van der Waals surface area contributed by atoms with Gasteiger partial charge in [-0.3, -0.25) is 4.79 Å². The topological polar surface area (TPSA) is 75.7 Å². The molecule has 2 aromatic rings.